The number of rotatable bonds is 7. The Morgan fingerprint density at radius 3 is 2.68 bits per heavy atom. The number of carbonyl (C=O) groups is 1. The van der Waals surface area contributed by atoms with Crippen LogP contribution in [0, 0.1) is 0 Å². The van der Waals surface area contributed by atoms with Crippen molar-refractivity contribution in [2.75, 3.05) is 14.2 Å². The second-order valence-corrected chi connectivity index (χ2v) is 7.75. The number of aromatic nitrogens is 1. The Balaban J connectivity index is 1.50. The van der Waals surface area contributed by atoms with Gasteiger partial charge in [0.1, 0.15) is 0 Å². The van der Waals surface area contributed by atoms with Crippen LogP contribution in [-0.4, -0.2) is 24.7 Å². The van der Waals surface area contributed by atoms with Crippen LogP contribution in [0.25, 0.3) is 0 Å². The van der Waals surface area contributed by atoms with Gasteiger partial charge >= 0.3 is 0 Å². The molecule has 1 N–H and O–H groups in total. The quantitative estimate of drug-likeness (QED) is 0.646. The number of nitrogens with one attached hydrogen (secondary N) is 1. The lowest BCUT2D eigenvalue weighted by Gasteiger charge is -2.20. The number of methoxy groups -OCH3 is 2. The highest BCUT2D eigenvalue weighted by Gasteiger charge is 2.27. The summed E-state index contributed by atoms with van der Waals surface area (Å²) in [7, 11) is 3.28. The Morgan fingerprint density at radius 2 is 2.00 bits per heavy atom. The molecule has 5 nitrogen and oxygen atoms in total. The van der Waals surface area contributed by atoms with Gasteiger partial charge in [-0.3, -0.25) is 4.79 Å². The van der Waals surface area contributed by atoms with Gasteiger partial charge < -0.3 is 19.4 Å². The first-order chi connectivity index (χ1) is 13.7. The molecule has 1 aliphatic rings. The van der Waals surface area contributed by atoms with Gasteiger partial charge in [0.05, 0.1) is 32.7 Å². The van der Waals surface area contributed by atoms with Crippen LogP contribution in [0.15, 0.2) is 53.5 Å². The van der Waals surface area contributed by atoms with Gasteiger partial charge in [-0.25, -0.2) is 0 Å². The third-order valence-corrected chi connectivity index (χ3v) is 6.05. The first-order valence-electron chi connectivity index (χ1n) is 9.38. The molecule has 0 radical (unpaired) electrons. The van der Waals surface area contributed by atoms with Crippen LogP contribution < -0.4 is 14.8 Å². The van der Waals surface area contributed by atoms with Gasteiger partial charge in [-0.05, 0) is 70.6 Å². The zero-order valence-corrected chi connectivity index (χ0v) is 16.9. The molecule has 146 valence electrons. The monoisotopic (exact) mass is 396 g/mol. The van der Waals surface area contributed by atoms with Crippen molar-refractivity contribution in [3.05, 3.63) is 70.2 Å². The molecule has 1 aromatic carbocycles. The number of fused-ring (bicyclic) bond motifs is 1. The minimum absolute atomic E-state index is 0.00697. The van der Waals surface area contributed by atoms with Gasteiger partial charge in [-0.1, -0.05) is 0 Å². The molecule has 28 heavy (non-hydrogen) atoms. The van der Waals surface area contributed by atoms with E-state index < -0.39 is 0 Å². The number of hydrogen-bond acceptors (Lipinski definition) is 4. The van der Waals surface area contributed by atoms with E-state index in [1.807, 2.05) is 36.7 Å². The van der Waals surface area contributed by atoms with Crippen LogP contribution in [0.5, 0.6) is 11.5 Å². The molecule has 0 fully saturated rings. The van der Waals surface area contributed by atoms with Crippen molar-refractivity contribution < 1.29 is 14.3 Å². The van der Waals surface area contributed by atoms with Crippen molar-refractivity contribution in [1.29, 1.82) is 0 Å². The summed E-state index contributed by atoms with van der Waals surface area (Å²) in [6.45, 7) is 0. The van der Waals surface area contributed by atoms with E-state index in [9.17, 15) is 4.79 Å². The van der Waals surface area contributed by atoms with Gasteiger partial charge in [0.15, 0.2) is 11.5 Å². The molecule has 4 rings (SSSR count). The Bertz CT molecular complexity index is 901. The Morgan fingerprint density at radius 1 is 1.25 bits per heavy atom. The molecule has 0 spiro atoms. The van der Waals surface area contributed by atoms with E-state index in [1.54, 1.807) is 25.6 Å². The van der Waals surface area contributed by atoms with Crippen LogP contribution in [0.1, 0.15) is 41.6 Å². The average molecular weight is 397 g/mol. The largest absolute Gasteiger partial charge is 0.493 e. The lowest BCUT2D eigenvalue weighted by Crippen LogP contribution is -2.29. The molecule has 6 heteroatoms. The highest BCUT2D eigenvalue weighted by Crippen LogP contribution is 2.39. The Hall–Kier alpha value is -2.73. The summed E-state index contributed by atoms with van der Waals surface area (Å²) in [5, 5.41) is 7.40. The highest BCUT2D eigenvalue weighted by atomic mass is 32.1. The standard InChI is InChI=1S/C22H24N2O3S/c1-26-20-11-15-5-6-18(17(15)12-21(20)27-2)23-22(25)13-19(16-7-10-28-14-16)24-8-3-4-9-24/h3-4,7-12,14,18-19H,5-6,13H2,1-2H3,(H,23,25)/t18-,19-/m0/s1. The zero-order chi connectivity index (χ0) is 19.5. The minimum Gasteiger partial charge on any atom is -0.493 e. The number of amides is 1. The first kappa shape index (κ1) is 18.6. The molecule has 0 saturated carbocycles. The van der Waals surface area contributed by atoms with Gasteiger partial charge in [0.2, 0.25) is 5.91 Å². The molecule has 3 aromatic rings. The molecule has 0 bridgehead atoms. The average Bonchev–Trinajstić information content (AvgIpc) is 3.47. The molecular formula is C22H24N2O3S. The maximum Gasteiger partial charge on any atom is 0.222 e. The van der Waals surface area contributed by atoms with Crippen LogP contribution in [0.2, 0.25) is 0 Å². The maximum atomic E-state index is 12.9. The lowest BCUT2D eigenvalue weighted by atomic mass is 10.0. The predicted molar refractivity (Wildman–Crippen MR) is 110 cm³/mol. The SMILES string of the molecule is COc1cc2c(cc1OC)[C@@H](NC(=O)C[C@@H](c1ccsc1)n1cccc1)CC2. The van der Waals surface area contributed by atoms with Crippen LogP contribution >= 0.6 is 11.3 Å². The van der Waals surface area contributed by atoms with Gasteiger partial charge in [0.25, 0.3) is 0 Å². The molecular weight excluding hydrogens is 372 g/mol. The smallest absolute Gasteiger partial charge is 0.222 e. The van der Waals surface area contributed by atoms with Crippen LogP contribution in [0.3, 0.4) is 0 Å². The van der Waals surface area contributed by atoms with Crippen molar-refractivity contribution >= 4 is 17.2 Å². The van der Waals surface area contributed by atoms with E-state index in [2.05, 4.69) is 26.7 Å². The summed E-state index contributed by atoms with van der Waals surface area (Å²) in [5.74, 6) is 1.49. The van der Waals surface area contributed by atoms with E-state index in [-0.39, 0.29) is 18.0 Å². The van der Waals surface area contributed by atoms with Crippen molar-refractivity contribution in [3.8, 4) is 11.5 Å². The lowest BCUT2D eigenvalue weighted by molar-refractivity contribution is -0.122. The topological polar surface area (TPSA) is 52.5 Å². The second-order valence-electron chi connectivity index (χ2n) is 6.97. The molecule has 0 aliphatic heterocycles. The summed E-state index contributed by atoms with van der Waals surface area (Å²) >= 11 is 1.65. The minimum atomic E-state index is 0.00697. The number of thiophene rings is 1. The highest BCUT2D eigenvalue weighted by molar-refractivity contribution is 7.08. The third-order valence-electron chi connectivity index (χ3n) is 5.35. The van der Waals surface area contributed by atoms with Crippen LogP contribution in [0.4, 0.5) is 0 Å². The molecule has 2 atom stereocenters. The molecule has 0 saturated heterocycles. The second kappa shape index (κ2) is 8.10. The van der Waals surface area contributed by atoms with Crippen molar-refractivity contribution in [2.24, 2.45) is 0 Å². The Kier molecular flexibility index (Phi) is 5.39. The summed E-state index contributed by atoms with van der Waals surface area (Å²) in [6.07, 6.45) is 6.25. The fraction of sp³-hybridized carbons (Fsp3) is 0.318. The van der Waals surface area contributed by atoms with E-state index in [1.165, 1.54) is 5.56 Å². The molecule has 1 aliphatic carbocycles. The summed E-state index contributed by atoms with van der Waals surface area (Å²) in [5.41, 5.74) is 3.50. The van der Waals surface area contributed by atoms with E-state index >= 15 is 0 Å². The van der Waals surface area contributed by atoms with Crippen molar-refractivity contribution in [2.45, 2.75) is 31.3 Å². The number of carbonyl (C=O) groups excluding carboxylic acids is 1. The zero-order valence-electron chi connectivity index (χ0n) is 16.1. The number of ether oxygens (including phenoxy) is 2. The maximum absolute atomic E-state index is 12.9. The molecule has 2 heterocycles. The number of benzene rings is 1. The van der Waals surface area contributed by atoms with Crippen LogP contribution in [-0.2, 0) is 11.2 Å². The fourth-order valence-electron chi connectivity index (χ4n) is 3.93. The summed E-state index contributed by atoms with van der Waals surface area (Å²) < 4.78 is 12.9. The predicted octanol–water partition coefficient (Wildman–Crippen LogP) is 4.35. The van der Waals surface area contributed by atoms with Gasteiger partial charge in [-0.2, -0.15) is 11.3 Å². The van der Waals surface area contributed by atoms with E-state index in [0.29, 0.717) is 12.2 Å². The van der Waals surface area contributed by atoms with Gasteiger partial charge in [0, 0.05) is 12.4 Å². The van der Waals surface area contributed by atoms with E-state index in [0.717, 1.165) is 29.7 Å². The number of nitrogens with zero attached hydrogens (tertiary/aromatic N) is 1. The fourth-order valence-corrected chi connectivity index (χ4v) is 4.63. The Labute approximate surface area is 168 Å². The molecule has 0 unspecified atom stereocenters. The summed E-state index contributed by atoms with van der Waals surface area (Å²) in [6, 6.07) is 10.1. The normalized spacial score (nSPS) is 16.4. The first-order valence-corrected chi connectivity index (χ1v) is 10.3. The van der Waals surface area contributed by atoms with Crippen molar-refractivity contribution in [1.82, 2.24) is 9.88 Å². The third kappa shape index (κ3) is 3.64. The molecule has 1 amide bonds. The van der Waals surface area contributed by atoms with Crippen molar-refractivity contribution in [3.63, 3.8) is 0 Å². The van der Waals surface area contributed by atoms with E-state index in [4.69, 9.17) is 9.47 Å². The van der Waals surface area contributed by atoms with Gasteiger partial charge in [-0.15, -0.1) is 0 Å². The summed E-state index contributed by atoms with van der Waals surface area (Å²) in [4.78, 5) is 12.9. The number of hydrogen-bond donors (Lipinski definition) is 1. The molecule has 2 aromatic heterocycles. The number of aryl methyl sites for hydroxylation is 1.